The van der Waals surface area contributed by atoms with Gasteiger partial charge in [-0.2, -0.15) is 0 Å². The Morgan fingerprint density at radius 3 is 2.36 bits per heavy atom. The SMILES string of the molecule is CCCC[N+]1=CN(C(OCC)(OCC)C(C[Si])OCC)CC1. The average Bonchev–Trinajstić information content (AvgIpc) is 2.99. The van der Waals surface area contributed by atoms with Gasteiger partial charge in [0.2, 0.25) is 6.34 Å². The Balaban J connectivity index is 3.00. The van der Waals surface area contributed by atoms with E-state index in [0.717, 1.165) is 19.6 Å². The minimum atomic E-state index is -0.859. The third-order valence-corrected chi connectivity index (χ3v) is 4.16. The third kappa shape index (κ3) is 4.78. The van der Waals surface area contributed by atoms with Gasteiger partial charge in [-0.15, -0.1) is 0 Å². The van der Waals surface area contributed by atoms with Crippen LogP contribution in [-0.2, 0) is 14.2 Å². The van der Waals surface area contributed by atoms with Crippen LogP contribution in [0.1, 0.15) is 40.5 Å². The largest absolute Gasteiger partial charge is 0.368 e. The highest BCUT2D eigenvalue weighted by Gasteiger charge is 2.52. The van der Waals surface area contributed by atoms with E-state index < -0.39 is 5.91 Å². The number of rotatable bonds is 12. The van der Waals surface area contributed by atoms with Crippen LogP contribution in [0.4, 0.5) is 0 Å². The lowest BCUT2D eigenvalue weighted by Gasteiger charge is -2.39. The van der Waals surface area contributed by atoms with Gasteiger partial charge >= 0.3 is 5.91 Å². The van der Waals surface area contributed by atoms with Crippen LogP contribution in [0.3, 0.4) is 0 Å². The van der Waals surface area contributed by atoms with E-state index in [2.05, 4.69) is 33.0 Å². The summed E-state index contributed by atoms with van der Waals surface area (Å²) in [7, 11) is 3.61. The van der Waals surface area contributed by atoms with Crippen molar-refractivity contribution >= 4 is 16.6 Å². The molecule has 5 nitrogen and oxygen atoms in total. The van der Waals surface area contributed by atoms with Crippen LogP contribution in [0.5, 0.6) is 0 Å². The van der Waals surface area contributed by atoms with Crippen LogP contribution in [-0.4, -0.2) is 77.5 Å². The van der Waals surface area contributed by atoms with E-state index in [9.17, 15) is 0 Å². The summed E-state index contributed by atoms with van der Waals surface area (Å²) < 4.78 is 20.5. The standard InChI is InChI=1S/C16H32N2O3Si/c1-5-9-10-17-11-12-18(14-17)16(20-7-3,21-8-4)15(13-22)19-6-2/h14-15H,5-13H2,1-4H3/q+1. The predicted octanol–water partition coefficient (Wildman–Crippen LogP) is 1.86. The molecular weight excluding hydrogens is 296 g/mol. The van der Waals surface area contributed by atoms with Crippen molar-refractivity contribution in [2.75, 3.05) is 39.5 Å². The molecule has 0 bridgehead atoms. The van der Waals surface area contributed by atoms with Crippen molar-refractivity contribution in [3.63, 3.8) is 0 Å². The maximum absolute atomic E-state index is 6.10. The van der Waals surface area contributed by atoms with Crippen LogP contribution in [0, 0.1) is 0 Å². The first-order valence-corrected chi connectivity index (χ1v) is 9.28. The zero-order valence-corrected chi connectivity index (χ0v) is 15.6. The minimum Gasteiger partial charge on any atom is -0.368 e. The second-order valence-electron chi connectivity index (χ2n) is 5.34. The lowest BCUT2D eigenvalue weighted by atomic mass is 10.2. The van der Waals surface area contributed by atoms with E-state index in [1.54, 1.807) is 0 Å². The van der Waals surface area contributed by atoms with Gasteiger partial charge in [-0.05, 0) is 33.2 Å². The molecule has 1 aliphatic heterocycles. The number of ether oxygens (including phenoxy) is 3. The summed E-state index contributed by atoms with van der Waals surface area (Å²) in [6, 6.07) is 0.660. The van der Waals surface area contributed by atoms with E-state index in [0.29, 0.717) is 25.9 Å². The summed E-state index contributed by atoms with van der Waals surface area (Å²) in [5.41, 5.74) is 0. The first kappa shape index (κ1) is 19.6. The minimum absolute atomic E-state index is 0.184. The molecule has 1 aliphatic rings. The maximum atomic E-state index is 6.10. The average molecular weight is 329 g/mol. The van der Waals surface area contributed by atoms with Crippen molar-refractivity contribution in [1.82, 2.24) is 4.90 Å². The van der Waals surface area contributed by atoms with Gasteiger partial charge in [0, 0.05) is 16.8 Å². The van der Waals surface area contributed by atoms with Crippen molar-refractivity contribution in [1.29, 1.82) is 0 Å². The van der Waals surface area contributed by atoms with E-state index in [1.165, 1.54) is 12.8 Å². The number of hydrogen-bond acceptors (Lipinski definition) is 4. The highest BCUT2D eigenvalue weighted by Crippen LogP contribution is 2.28. The van der Waals surface area contributed by atoms with E-state index in [-0.39, 0.29) is 6.10 Å². The summed E-state index contributed by atoms with van der Waals surface area (Å²) in [5.74, 6) is -0.859. The molecule has 1 unspecified atom stereocenters. The van der Waals surface area contributed by atoms with Crippen molar-refractivity contribution < 1.29 is 18.8 Å². The maximum Gasteiger partial charge on any atom is 0.349 e. The molecule has 0 spiro atoms. The van der Waals surface area contributed by atoms with Crippen LogP contribution >= 0.6 is 0 Å². The predicted molar refractivity (Wildman–Crippen MR) is 89.6 cm³/mol. The van der Waals surface area contributed by atoms with Crippen molar-refractivity contribution in [3.05, 3.63) is 0 Å². The van der Waals surface area contributed by atoms with Gasteiger partial charge < -0.3 is 14.2 Å². The molecule has 3 radical (unpaired) electrons. The van der Waals surface area contributed by atoms with Gasteiger partial charge in [0.05, 0.1) is 19.8 Å². The molecule has 1 rings (SSSR count). The molecule has 6 heteroatoms. The van der Waals surface area contributed by atoms with Crippen molar-refractivity contribution in [3.8, 4) is 0 Å². The quantitative estimate of drug-likeness (QED) is 0.311. The third-order valence-electron chi connectivity index (χ3n) is 3.79. The van der Waals surface area contributed by atoms with Gasteiger partial charge in [-0.3, -0.25) is 4.58 Å². The van der Waals surface area contributed by atoms with Crippen LogP contribution < -0.4 is 0 Å². The molecule has 0 aromatic carbocycles. The molecule has 127 valence electrons. The molecule has 0 aromatic rings. The molecule has 0 aromatic heterocycles. The van der Waals surface area contributed by atoms with Gasteiger partial charge in [-0.1, -0.05) is 13.3 Å². The summed E-state index contributed by atoms with van der Waals surface area (Å²) >= 11 is 0. The molecule has 1 heterocycles. The molecule has 22 heavy (non-hydrogen) atoms. The van der Waals surface area contributed by atoms with Crippen molar-refractivity contribution in [2.24, 2.45) is 0 Å². The van der Waals surface area contributed by atoms with Gasteiger partial charge in [-0.25, -0.2) is 4.90 Å². The Hall–Kier alpha value is -0.433. The Labute approximate surface area is 139 Å². The van der Waals surface area contributed by atoms with E-state index in [4.69, 9.17) is 14.2 Å². The Kier molecular flexibility index (Phi) is 9.24. The summed E-state index contributed by atoms with van der Waals surface area (Å²) in [6.45, 7) is 13.0. The Morgan fingerprint density at radius 2 is 1.86 bits per heavy atom. The summed E-state index contributed by atoms with van der Waals surface area (Å²) in [6.07, 6.45) is 4.37. The first-order valence-electron chi connectivity index (χ1n) is 8.58. The second kappa shape index (κ2) is 10.4. The summed E-state index contributed by atoms with van der Waals surface area (Å²) in [4.78, 5) is 2.16. The van der Waals surface area contributed by atoms with Crippen molar-refractivity contribution in [2.45, 2.75) is 58.6 Å². The van der Waals surface area contributed by atoms with Gasteiger partial charge in [0.1, 0.15) is 13.1 Å². The molecule has 0 saturated carbocycles. The van der Waals surface area contributed by atoms with Gasteiger partial charge in [0.25, 0.3) is 0 Å². The monoisotopic (exact) mass is 328 g/mol. The molecule has 1 atom stereocenters. The second-order valence-corrected chi connectivity index (χ2v) is 5.75. The molecule has 0 aliphatic carbocycles. The van der Waals surface area contributed by atoms with Crippen LogP contribution in [0.2, 0.25) is 6.04 Å². The molecule has 0 fully saturated rings. The fourth-order valence-corrected chi connectivity index (χ4v) is 3.18. The zero-order valence-electron chi connectivity index (χ0n) is 14.6. The molecule has 0 amide bonds. The molecular formula is C16H32N2O3Si+. The number of unbranched alkanes of at least 4 members (excludes halogenated alkanes) is 1. The van der Waals surface area contributed by atoms with E-state index >= 15 is 0 Å². The van der Waals surface area contributed by atoms with E-state index in [1.807, 2.05) is 20.8 Å². The Morgan fingerprint density at radius 1 is 1.18 bits per heavy atom. The highest BCUT2D eigenvalue weighted by molar-refractivity contribution is 6.08. The van der Waals surface area contributed by atoms with Gasteiger partial charge in [0.15, 0.2) is 6.10 Å². The zero-order chi connectivity index (χ0) is 16.4. The number of nitrogens with zero attached hydrogens (tertiary/aromatic N) is 2. The van der Waals surface area contributed by atoms with Crippen LogP contribution in [0.15, 0.2) is 0 Å². The molecule has 0 N–H and O–H groups in total. The number of hydrogen-bond donors (Lipinski definition) is 0. The smallest absolute Gasteiger partial charge is 0.349 e. The lowest BCUT2D eigenvalue weighted by molar-refractivity contribution is -0.514. The lowest BCUT2D eigenvalue weighted by Crippen LogP contribution is -2.60. The first-order chi connectivity index (χ1) is 10.7. The fraction of sp³-hybridized carbons (Fsp3) is 0.938. The highest BCUT2D eigenvalue weighted by atomic mass is 28.1. The fourth-order valence-electron chi connectivity index (χ4n) is 2.80. The summed E-state index contributed by atoms with van der Waals surface area (Å²) in [5, 5.41) is 0. The van der Waals surface area contributed by atoms with Crippen LogP contribution in [0.25, 0.3) is 0 Å². The topological polar surface area (TPSA) is 33.9 Å². The normalized spacial score (nSPS) is 17.0. The molecule has 0 saturated heterocycles. The Bertz CT molecular complexity index is 333.